The standard InChI is InChI=1S/C11H18N4O2/c1-7-4-5-9(10(12)14-17)11(13-7)15(3)8(2)6-16/h4-5,8,16-17H,6H2,1-3H3,(H2,12,14). The van der Waals surface area contributed by atoms with E-state index in [0.29, 0.717) is 11.4 Å². The van der Waals surface area contributed by atoms with E-state index >= 15 is 0 Å². The van der Waals surface area contributed by atoms with Gasteiger partial charge in [0, 0.05) is 12.7 Å². The fraction of sp³-hybridized carbons (Fsp3) is 0.455. The molecule has 0 radical (unpaired) electrons. The number of amidine groups is 1. The van der Waals surface area contributed by atoms with Crippen molar-refractivity contribution in [3.8, 4) is 0 Å². The van der Waals surface area contributed by atoms with E-state index in [1.807, 2.05) is 13.8 Å². The van der Waals surface area contributed by atoms with Crippen LogP contribution in [0.15, 0.2) is 17.3 Å². The predicted octanol–water partition coefficient (Wildman–Crippen LogP) is 0.302. The lowest BCUT2D eigenvalue weighted by Crippen LogP contribution is -2.34. The first-order chi connectivity index (χ1) is 8.01. The van der Waals surface area contributed by atoms with Crippen LogP contribution in [0.4, 0.5) is 5.82 Å². The lowest BCUT2D eigenvalue weighted by Gasteiger charge is -2.26. The van der Waals surface area contributed by atoms with Gasteiger partial charge in [0.1, 0.15) is 5.82 Å². The molecule has 0 aliphatic heterocycles. The molecule has 94 valence electrons. The van der Waals surface area contributed by atoms with Gasteiger partial charge < -0.3 is 20.9 Å². The quantitative estimate of drug-likeness (QED) is 0.303. The number of rotatable bonds is 4. The van der Waals surface area contributed by atoms with Crippen molar-refractivity contribution in [1.29, 1.82) is 0 Å². The van der Waals surface area contributed by atoms with E-state index in [1.165, 1.54) is 0 Å². The molecule has 0 bridgehead atoms. The maximum Gasteiger partial charge on any atom is 0.173 e. The molecule has 1 heterocycles. The van der Waals surface area contributed by atoms with Crippen LogP contribution < -0.4 is 10.6 Å². The Balaban J connectivity index is 3.24. The summed E-state index contributed by atoms with van der Waals surface area (Å²) in [4.78, 5) is 6.15. The highest BCUT2D eigenvalue weighted by atomic mass is 16.4. The number of anilines is 1. The fourth-order valence-electron chi connectivity index (χ4n) is 1.40. The van der Waals surface area contributed by atoms with E-state index in [0.717, 1.165) is 5.69 Å². The molecule has 0 aliphatic carbocycles. The summed E-state index contributed by atoms with van der Waals surface area (Å²) in [5.41, 5.74) is 6.96. The van der Waals surface area contributed by atoms with Gasteiger partial charge >= 0.3 is 0 Å². The number of hydrogen-bond acceptors (Lipinski definition) is 5. The molecule has 1 rings (SSSR count). The average Bonchev–Trinajstić information content (AvgIpc) is 2.35. The largest absolute Gasteiger partial charge is 0.409 e. The molecule has 17 heavy (non-hydrogen) atoms. The topological polar surface area (TPSA) is 95.0 Å². The molecule has 0 saturated carbocycles. The molecule has 4 N–H and O–H groups in total. The van der Waals surface area contributed by atoms with E-state index < -0.39 is 0 Å². The minimum Gasteiger partial charge on any atom is -0.409 e. The molecule has 1 aromatic heterocycles. The number of pyridine rings is 1. The normalized spacial score (nSPS) is 13.5. The predicted molar refractivity (Wildman–Crippen MR) is 66.4 cm³/mol. The Morgan fingerprint density at radius 1 is 1.59 bits per heavy atom. The number of oxime groups is 1. The number of likely N-dealkylation sites (N-methyl/N-ethyl adjacent to an activating group) is 1. The summed E-state index contributed by atoms with van der Waals surface area (Å²) in [6, 6.07) is 3.43. The number of aliphatic hydroxyl groups excluding tert-OH is 1. The molecule has 6 nitrogen and oxygen atoms in total. The van der Waals surface area contributed by atoms with Crippen molar-refractivity contribution in [2.45, 2.75) is 19.9 Å². The van der Waals surface area contributed by atoms with E-state index in [1.54, 1.807) is 24.1 Å². The van der Waals surface area contributed by atoms with Gasteiger partial charge in [0.05, 0.1) is 18.2 Å². The number of hydrogen-bond donors (Lipinski definition) is 3. The SMILES string of the molecule is Cc1ccc(/C(N)=N/O)c(N(C)C(C)CO)n1. The second kappa shape index (κ2) is 5.49. The highest BCUT2D eigenvalue weighted by molar-refractivity contribution is 6.01. The summed E-state index contributed by atoms with van der Waals surface area (Å²) in [5.74, 6) is 0.589. The molecular formula is C11H18N4O2. The molecule has 6 heteroatoms. The zero-order valence-corrected chi connectivity index (χ0v) is 10.3. The van der Waals surface area contributed by atoms with Crippen molar-refractivity contribution >= 4 is 11.7 Å². The molecular weight excluding hydrogens is 220 g/mol. The summed E-state index contributed by atoms with van der Waals surface area (Å²) in [6.45, 7) is 3.72. The lowest BCUT2D eigenvalue weighted by atomic mass is 10.2. The third-order valence-electron chi connectivity index (χ3n) is 2.66. The monoisotopic (exact) mass is 238 g/mol. The van der Waals surface area contributed by atoms with Gasteiger partial charge in [-0.25, -0.2) is 4.98 Å². The number of aromatic nitrogens is 1. The number of aryl methyl sites for hydroxylation is 1. The summed E-state index contributed by atoms with van der Waals surface area (Å²) < 4.78 is 0. The van der Waals surface area contributed by atoms with Gasteiger partial charge in [-0.3, -0.25) is 0 Å². The zero-order chi connectivity index (χ0) is 13.0. The Morgan fingerprint density at radius 2 is 2.24 bits per heavy atom. The number of nitrogens with zero attached hydrogens (tertiary/aromatic N) is 3. The average molecular weight is 238 g/mol. The van der Waals surface area contributed by atoms with Crippen LogP contribution in [0, 0.1) is 6.92 Å². The Hall–Kier alpha value is -1.82. The van der Waals surface area contributed by atoms with E-state index in [2.05, 4.69) is 10.1 Å². The Morgan fingerprint density at radius 3 is 2.76 bits per heavy atom. The van der Waals surface area contributed by atoms with Gasteiger partial charge in [-0.1, -0.05) is 5.16 Å². The van der Waals surface area contributed by atoms with Gasteiger partial charge in [0.2, 0.25) is 0 Å². The van der Waals surface area contributed by atoms with Crippen LogP contribution in [0.2, 0.25) is 0 Å². The van der Waals surface area contributed by atoms with Crippen LogP contribution in [0.5, 0.6) is 0 Å². The Labute approximate surface area is 100 Å². The van der Waals surface area contributed by atoms with Crippen molar-refractivity contribution in [2.24, 2.45) is 10.9 Å². The van der Waals surface area contributed by atoms with Gasteiger partial charge in [0.25, 0.3) is 0 Å². The maximum absolute atomic E-state index is 9.14. The minimum absolute atomic E-state index is 0.00172. The van der Waals surface area contributed by atoms with Crippen molar-refractivity contribution < 1.29 is 10.3 Å². The van der Waals surface area contributed by atoms with Gasteiger partial charge in [-0.15, -0.1) is 0 Å². The molecule has 1 aromatic rings. The number of nitrogens with two attached hydrogens (primary N) is 1. The highest BCUT2D eigenvalue weighted by Gasteiger charge is 2.16. The molecule has 0 aromatic carbocycles. The van der Waals surface area contributed by atoms with Crippen LogP contribution in [0.1, 0.15) is 18.2 Å². The molecule has 0 saturated heterocycles. The van der Waals surface area contributed by atoms with Gasteiger partial charge in [-0.05, 0) is 26.0 Å². The smallest absolute Gasteiger partial charge is 0.173 e. The Kier molecular flexibility index (Phi) is 4.28. The third-order valence-corrected chi connectivity index (χ3v) is 2.66. The van der Waals surface area contributed by atoms with Gasteiger partial charge in [-0.2, -0.15) is 0 Å². The third kappa shape index (κ3) is 2.85. The van der Waals surface area contributed by atoms with Crippen molar-refractivity contribution in [3.63, 3.8) is 0 Å². The molecule has 0 amide bonds. The van der Waals surface area contributed by atoms with Crippen molar-refractivity contribution in [2.75, 3.05) is 18.6 Å². The van der Waals surface area contributed by atoms with E-state index in [-0.39, 0.29) is 18.5 Å². The first kappa shape index (κ1) is 13.2. The maximum atomic E-state index is 9.14. The lowest BCUT2D eigenvalue weighted by molar-refractivity contribution is 0.269. The minimum atomic E-state index is -0.102. The van der Waals surface area contributed by atoms with Crippen LogP contribution in [0.25, 0.3) is 0 Å². The van der Waals surface area contributed by atoms with Crippen LogP contribution in [0.3, 0.4) is 0 Å². The molecule has 0 aliphatic rings. The van der Waals surface area contributed by atoms with Crippen LogP contribution in [-0.2, 0) is 0 Å². The Bertz CT molecular complexity index is 420. The zero-order valence-electron chi connectivity index (χ0n) is 10.3. The number of aliphatic hydroxyl groups is 1. The van der Waals surface area contributed by atoms with Crippen LogP contribution in [-0.4, -0.2) is 40.8 Å². The second-order valence-electron chi connectivity index (χ2n) is 3.95. The first-order valence-electron chi connectivity index (χ1n) is 5.30. The van der Waals surface area contributed by atoms with E-state index in [9.17, 15) is 0 Å². The first-order valence-corrected chi connectivity index (χ1v) is 5.30. The summed E-state index contributed by atoms with van der Waals surface area (Å²) >= 11 is 0. The molecule has 0 spiro atoms. The van der Waals surface area contributed by atoms with Crippen molar-refractivity contribution in [3.05, 3.63) is 23.4 Å². The summed E-state index contributed by atoms with van der Waals surface area (Å²) in [7, 11) is 1.80. The summed E-state index contributed by atoms with van der Waals surface area (Å²) in [6.07, 6.45) is 0. The summed E-state index contributed by atoms with van der Waals surface area (Å²) in [5, 5.41) is 20.9. The van der Waals surface area contributed by atoms with Gasteiger partial charge in [0.15, 0.2) is 5.84 Å². The second-order valence-corrected chi connectivity index (χ2v) is 3.95. The van der Waals surface area contributed by atoms with E-state index in [4.69, 9.17) is 16.0 Å². The molecule has 1 unspecified atom stereocenters. The van der Waals surface area contributed by atoms with Crippen LogP contribution >= 0.6 is 0 Å². The fourth-order valence-corrected chi connectivity index (χ4v) is 1.40. The molecule has 1 atom stereocenters. The van der Waals surface area contributed by atoms with Crippen molar-refractivity contribution in [1.82, 2.24) is 4.98 Å². The molecule has 0 fully saturated rings. The highest BCUT2D eigenvalue weighted by Crippen LogP contribution is 2.19.